The van der Waals surface area contributed by atoms with E-state index in [4.69, 9.17) is 9.47 Å². The van der Waals surface area contributed by atoms with Crippen molar-refractivity contribution >= 4 is 23.1 Å². The maximum absolute atomic E-state index is 12.0. The average Bonchev–Trinajstić information content (AvgIpc) is 3.09. The number of hydrogen-bond donors (Lipinski definition) is 3. The molecule has 3 N–H and O–H groups in total. The molecule has 0 unspecified atom stereocenters. The first-order valence-corrected chi connectivity index (χ1v) is 8.06. The Balaban J connectivity index is 1.85. The summed E-state index contributed by atoms with van der Waals surface area (Å²) in [6.45, 7) is 0.356. The van der Waals surface area contributed by atoms with Crippen molar-refractivity contribution < 1.29 is 19.4 Å². The molecule has 1 aromatic heterocycles. The number of aliphatic hydroxyl groups excluding tert-OH is 1. The lowest BCUT2D eigenvalue weighted by molar-refractivity contribution is 0.168. The number of methoxy groups -OCH3 is 2. The van der Waals surface area contributed by atoms with Crippen LogP contribution < -0.4 is 20.1 Å². The largest absolute Gasteiger partial charge is 0.493 e. The second-order valence-electron chi connectivity index (χ2n) is 4.78. The fourth-order valence-corrected chi connectivity index (χ4v) is 2.81. The number of urea groups is 1. The predicted molar refractivity (Wildman–Crippen MR) is 90.5 cm³/mol. The highest BCUT2D eigenvalue weighted by Gasteiger charge is 2.12. The third kappa shape index (κ3) is 4.61. The molecule has 0 fully saturated rings. The van der Waals surface area contributed by atoms with E-state index in [2.05, 4.69) is 10.6 Å². The summed E-state index contributed by atoms with van der Waals surface area (Å²) in [5, 5.41) is 19.2. The van der Waals surface area contributed by atoms with Crippen LogP contribution in [0.2, 0.25) is 0 Å². The third-order valence-corrected chi connectivity index (χ3v) is 3.98. The van der Waals surface area contributed by atoms with E-state index in [1.165, 1.54) is 25.6 Å². The fraction of sp³-hybridized carbons (Fsp3) is 0.312. The molecule has 1 aromatic carbocycles. The Kier molecular flexibility index (Phi) is 6.25. The number of thiophene rings is 1. The number of para-hydroxylation sites is 1. The second-order valence-corrected chi connectivity index (χ2v) is 5.56. The molecule has 1 atom stereocenters. The van der Waals surface area contributed by atoms with Gasteiger partial charge in [-0.2, -0.15) is 11.3 Å². The highest BCUT2D eigenvalue weighted by Crippen LogP contribution is 2.34. The first-order valence-electron chi connectivity index (χ1n) is 7.11. The summed E-state index contributed by atoms with van der Waals surface area (Å²) in [5.74, 6) is 1.00. The topological polar surface area (TPSA) is 79.8 Å². The molecule has 0 saturated carbocycles. The Bertz CT molecular complexity index is 631. The van der Waals surface area contributed by atoms with Crippen molar-refractivity contribution in [3.05, 3.63) is 40.6 Å². The smallest absolute Gasteiger partial charge is 0.319 e. The van der Waals surface area contributed by atoms with Crippen molar-refractivity contribution in [3.8, 4) is 11.5 Å². The van der Waals surface area contributed by atoms with E-state index < -0.39 is 6.10 Å². The van der Waals surface area contributed by atoms with Gasteiger partial charge in [0.05, 0.1) is 26.0 Å². The van der Waals surface area contributed by atoms with Gasteiger partial charge in [-0.05, 0) is 40.9 Å². The van der Waals surface area contributed by atoms with Crippen LogP contribution in [0.5, 0.6) is 11.5 Å². The standard InChI is InChI=1S/C16H20N2O4S/c1-21-14-5-3-4-12(15(14)22-2)18-16(20)17-8-6-13(19)11-7-9-23-10-11/h3-5,7,9-10,13,19H,6,8H2,1-2H3,(H2,17,18,20)/t13-/m1/s1. The molecule has 1 heterocycles. The van der Waals surface area contributed by atoms with Crippen LogP contribution in [-0.4, -0.2) is 31.9 Å². The molecule has 0 aliphatic heterocycles. The van der Waals surface area contributed by atoms with Crippen molar-refractivity contribution in [2.75, 3.05) is 26.1 Å². The van der Waals surface area contributed by atoms with Gasteiger partial charge in [0.25, 0.3) is 0 Å². The van der Waals surface area contributed by atoms with Crippen LogP contribution in [0.25, 0.3) is 0 Å². The fourth-order valence-electron chi connectivity index (χ4n) is 2.11. The molecular weight excluding hydrogens is 316 g/mol. The Labute approximate surface area is 139 Å². The highest BCUT2D eigenvalue weighted by atomic mass is 32.1. The quantitative estimate of drug-likeness (QED) is 0.726. The van der Waals surface area contributed by atoms with E-state index in [1.807, 2.05) is 16.8 Å². The summed E-state index contributed by atoms with van der Waals surface area (Å²) >= 11 is 1.53. The minimum Gasteiger partial charge on any atom is -0.493 e. The number of carbonyl (C=O) groups excluding carboxylic acids is 1. The summed E-state index contributed by atoms with van der Waals surface area (Å²) in [5.41, 5.74) is 1.38. The van der Waals surface area contributed by atoms with Crippen LogP contribution in [0.3, 0.4) is 0 Å². The van der Waals surface area contributed by atoms with Crippen molar-refractivity contribution in [3.63, 3.8) is 0 Å². The van der Waals surface area contributed by atoms with Gasteiger partial charge in [0.1, 0.15) is 0 Å². The van der Waals surface area contributed by atoms with Gasteiger partial charge in [-0.25, -0.2) is 4.79 Å². The Morgan fingerprint density at radius 1 is 1.30 bits per heavy atom. The molecule has 0 radical (unpaired) electrons. The normalized spacial score (nSPS) is 11.6. The minimum atomic E-state index is -0.576. The second kappa shape index (κ2) is 8.40. The van der Waals surface area contributed by atoms with Gasteiger partial charge in [0.2, 0.25) is 0 Å². The van der Waals surface area contributed by atoms with Crippen molar-refractivity contribution in [2.24, 2.45) is 0 Å². The van der Waals surface area contributed by atoms with Crippen molar-refractivity contribution in [2.45, 2.75) is 12.5 Å². The molecule has 2 amide bonds. The van der Waals surface area contributed by atoms with Gasteiger partial charge >= 0.3 is 6.03 Å². The summed E-state index contributed by atoms with van der Waals surface area (Å²) < 4.78 is 10.4. The van der Waals surface area contributed by atoms with Crippen LogP contribution in [0, 0.1) is 0 Å². The van der Waals surface area contributed by atoms with E-state index in [0.29, 0.717) is 30.2 Å². The van der Waals surface area contributed by atoms with E-state index in [1.54, 1.807) is 18.2 Å². The number of hydrogen-bond acceptors (Lipinski definition) is 5. The van der Waals surface area contributed by atoms with Crippen LogP contribution in [0.15, 0.2) is 35.0 Å². The Morgan fingerprint density at radius 2 is 2.13 bits per heavy atom. The molecular formula is C16H20N2O4S. The number of nitrogens with one attached hydrogen (secondary N) is 2. The molecule has 2 aromatic rings. The molecule has 0 aliphatic carbocycles. The molecule has 23 heavy (non-hydrogen) atoms. The van der Waals surface area contributed by atoms with E-state index in [9.17, 15) is 9.90 Å². The third-order valence-electron chi connectivity index (χ3n) is 3.28. The number of rotatable bonds is 7. The van der Waals surface area contributed by atoms with Crippen molar-refractivity contribution in [1.82, 2.24) is 5.32 Å². The number of anilines is 1. The maximum atomic E-state index is 12.0. The molecule has 7 heteroatoms. The first kappa shape index (κ1) is 17.1. The molecule has 0 bridgehead atoms. The van der Waals surface area contributed by atoms with Gasteiger partial charge in [-0.1, -0.05) is 6.07 Å². The van der Waals surface area contributed by atoms with Gasteiger partial charge in [-0.15, -0.1) is 0 Å². The number of benzene rings is 1. The van der Waals surface area contributed by atoms with Crippen LogP contribution >= 0.6 is 11.3 Å². The van der Waals surface area contributed by atoms with Gasteiger partial charge in [0.15, 0.2) is 11.5 Å². The highest BCUT2D eigenvalue weighted by molar-refractivity contribution is 7.07. The van der Waals surface area contributed by atoms with Gasteiger partial charge in [-0.3, -0.25) is 0 Å². The molecule has 0 spiro atoms. The SMILES string of the molecule is COc1cccc(NC(=O)NCC[C@@H](O)c2ccsc2)c1OC. The van der Waals surface area contributed by atoms with E-state index in [0.717, 1.165) is 5.56 Å². The minimum absolute atomic E-state index is 0.356. The van der Waals surface area contributed by atoms with E-state index in [-0.39, 0.29) is 6.03 Å². The first-order chi connectivity index (χ1) is 11.2. The molecule has 0 aliphatic rings. The summed E-state index contributed by atoms with van der Waals surface area (Å²) in [6, 6.07) is 6.74. The molecule has 2 rings (SSSR count). The number of aliphatic hydroxyl groups is 1. The molecule has 6 nitrogen and oxygen atoms in total. The molecule has 0 saturated heterocycles. The zero-order chi connectivity index (χ0) is 16.7. The average molecular weight is 336 g/mol. The zero-order valence-electron chi connectivity index (χ0n) is 13.0. The Morgan fingerprint density at radius 3 is 2.78 bits per heavy atom. The Hall–Kier alpha value is -2.25. The lowest BCUT2D eigenvalue weighted by Gasteiger charge is -2.14. The van der Waals surface area contributed by atoms with Crippen molar-refractivity contribution in [1.29, 1.82) is 0 Å². The van der Waals surface area contributed by atoms with Gasteiger partial charge < -0.3 is 25.2 Å². The maximum Gasteiger partial charge on any atom is 0.319 e. The molecule has 124 valence electrons. The van der Waals surface area contributed by atoms with Crippen LogP contribution in [0.4, 0.5) is 10.5 Å². The van der Waals surface area contributed by atoms with Crippen LogP contribution in [-0.2, 0) is 0 Å². The lowest BCUT2D eigenvalue weighted by Crippen LogP contribution is -2.30. The summed E-state index contributed by atoms with van der Waals surface area (Å²) in [7, 11) is 3.05. The monoisotopic (exact) mass is 336 g/mol. The van der Waals surface area contributed by atoms with Gasteiger partial charge in [0, 0.05) is 6.54 Å². The number of carbonyl (C=O) groups is 1. The number of amides is 2. The predicted octanol–water partition coefficient (Wildman–Crippen LogP) is 3.01. The summed E-state index contributed by atoms with van der Waals surface area (Å²) in [6.07, 6.45) is -0.132. The summed E-state index contributed by atoms with van der Waals surface area (Å²) in [4.78, 5) is 12.0. The zero-order valence-corrected chi connectivity index (χ0v) is 13.9. The van der Waals surface area contributed by atoms with E-state index >= 15 is 0 Å². The van der Waals surface area contributed by atoms with Crippen LogP contribution in [0.1, 0.15) is 18.1 Å². The number of ether oxygens (including phenoxy) is 2. The lowest BCUT2D eigenvalue weighted by atomic mass is 10.1.